The summed E-state index contributed by atoms with van der Waals surface area (Å²) in [6, 6.07) is 13.5. The first-order valence-electron chi connectivity index (χ1n) is 7.06. The Morgan fingerprint density at radius 1 is 1.19 bits per heavy atom. The first kappa shape index (κ1) is 14.0. The highest BCUT2D eigenvalue weighted by molar-refractivity contribution is 6.33. The molecule has 4 heteroatoms. The van der Waals surface area contributed by atoms with Crippen LogP contribution >= 0.6 is 11.6 Å². The Morgan fingerprint density at radius 3 is 2.71 bits per heavy atom. The summed E-state index contributed by atoms with van der Waals surface area (Å²) in [5, 5.41) is 3.50. The van der Waals surface area contributed by atoms with Crippen molar-refractivity contribution in [3.05, 3.63) is 64.2 Å². The van der Waals surface area contributed by atoms with Gasteiger partial charge in [0.05, 0.1) is 10.7 Å². The standard InChI is InChI=1S/C17H17ClN2O/c18-15-10-13(6-8-16(15)19)17(21)20-14-7-5-11-3-1-2-4-12(11)9-14/h1-4,6,8,10,14H,5,7,9,19H2,(H,20,21). The number of anilines is 1. The maximum Gasteiger partial charge on any atom is 0.251 e. The molecule has 1 aliphatic rings. The maximum atomic E-state index is 12.3. The van der Waals surface area contributed by atoms with Crippen LogP contribution in [0.3, 0.4) is 0 Å². The van der Waals surface area contributed by atoms with Crippen molar-refractivity contribution >= 4 is 23.2 Å². The minimum atomic E-state index is -0.0960. The number of nitrogen functional groups attached to an aromatic ring is 1. The monoisotopic (exact) mass is 300 g/mol. The van der Waals surface area contributed by atoms with Crippen LogP contribution in [-0.4, -0.2) is 11.9 Å². The van der Waals surface area contributed by atoms with E-state index in [1.165, 1.54) is 11.1 Å². The van der Waals surface area contributed by atoms with E-state index in [1.54, 1.807) is 18.2 Å². The molecule has 21 heavy (non-hydrogen) atoms. The highest BCUT2D eigenvalue weighted by Gasteiger charge is 2.20. The molecule has 0 saturated heterocycles. The van der Waals surface area contributed by atoms with Crippen LogP contribution < -0.4 is 11.1 Å². The van der Waals surface area contributed by atoms with E-state index in [0.29, 0.717) is 16.3 Å². The maximum absolute atomic E-state index is 12.3. The molecular formula is C17H17ClN2O. The van der Waals surface area contributed by atoms with E-state index < -0.39 is 0 Å². The van der Waals surface area contributed by atoms with Crippen molar-refractivity contribution < 1.29 is 4.79 Å². The topological polar surface area (TPSA) is 55.1 Å². The zero-order valence-electron chi connectivity index (χ0n) is 11.6. The fourth-order valence-corrected chi connectivity index (χ4v) is 2.94. The molecule has 0 heterocycles. The van der Waals surface area contributed by atoms with Crippen molar-refractivity contribution in [3.8, 4) is 0 Å². The molecule has 3 nitrogen and oxygen atoms in total. The summed E-state index contributed by atoms with van der Waals surface area (Å²) in [6.07, 6.45) is 2.85. The van der Waals surface area contributed by atoms with Gasteiger partial charge in [0.15, 0.2) is 0 Å². The number of hydrogen-bond donors (Lipinski definition) is 2. The Bertz CT molecular complexity index is 684. The second-order valence-electron chi connectivity index (χ2n) is 5.42. The van der Waals surface area contributed by atoms with E-state index in [4.69, 9.17) is 17.3 Å². The Labute approximate surface area is 129 Å². The number of carbonyl (C=O) groups excluding carboxylic acids is 1. The summed E-state index contributed by atoms with van der Waals surface area (Å²) >= 11 is 5.96. The number of nitrogens with two attached hydrogens (primary N) is 1. The van der Waals surface area contributed by atoms with Gasteiger partial charge in [0.25, 0.3) is 5.91 Å². The lowest BCUT2D eigenvalue weighted by Gasteiger charge is -2.25. The van der Waals surface area contributed by atoms with E-state index >= 15 is 0 Å². The molecule has 1 amide bonds. The van der Waals surface area contributed by atoms with E-state index in [0.717, 1.165) is 19.3 Å². The van der Waals surface area contributed by atoms with Gasteiger partial charge in [0.1, 0.15) is 0 Å². The van der Waals surface area contributed by atoms with Crippen molar-refractivity contribution in [1.82, 2.24) is 5.32 Å². The van der Waals surface area contributed by atoms with Crippen LogP contribution in [-0.2, 0) is 12.8 Å². The Hall–Kier alpha value is -2.00. The number of aryl methyl sites for hydroxylation is 1. The number of hydrogen-bond acceptors (Lipinski definition) is 2. The minimum Gasteiger partial charge on any atom is -0.398 e. The lowest BCUT2D eigenvalue weighted by molar-refractivity contribution is 0.0933. The second kappa shape index (κ2) is 5.78. The molecule has 0 fully saturated rings. The van der Waals surface area contributed by atoms with Crippen LogP contribution in [0.4, 0.5) is 5.69 Å². The number of nitrogens with one attached hydrogen (secondary N) is 1. The highest BCUT2D eigenvalue weighted by atomic mass is 35.5. The number of rotatable bonds is 2. The quantitative estimate of drug-likeness (QED) is 0.837. The Morgan fingerprint density at radius 2 is 1.95 bits per heavy atom. The third kappa shape index (κ3) is 3.03. The molecular weight excluding hydrogens is 284 g/mol. The van der Waals surface area contributed by atoms with Gasteiger partial charge in [-0.2, -0.15) is 0 Å². The normalized spacial score (nSPS) is 17.1. The van der Waals surface area contributed by atoms with Gasteiger partial charge in [-0.25, -0.2) is 0 Å². The molecule has 0 aromatic heterocycles. The number of halogens is 1. The van der Waals surface area contributed by atoms with Crippen LogP contribution in [0.2, 0.25) is 5.02 Å². The lowest BCUT2D eigenvalue weighted by atomic mass is 9.88. The summed E-state index contributed by atoms with van der Waals surface area (Å²) in [4.78, 5) is 12.3. The minimum absolute atomic E-state index is 0.0960. The van der Waals surface area contributed by atoms with Crippen molar-refractivity contribution in [2.45, 2.75) is 25.3 Å². The fraction of sp³-hybridized carbons (Fsp3) is 0.235. The Kier molecular flexibility index (Phi) is 3.84. The summed E-state index contributed by atoms with van der Waals surface area (Å²) < 4.78 is 0. The van der Waals surface area contributed by atoms with Crippen LogP contribution in [0.1, 0.15) is 27.9 Å². The molecule has 108 valence electrons. The van der Waals surface area contributed by atoms with Gasteiger partial charge in [-0.3, -0.25) is 4.79 Å². The van der Waals surface area contributed by atoms with Crippen molar-refractivity contribution in [1.29, 1.82) is 0 Å². The third-order valence-electron chi connectivity index (χ3n) is 3.94. The summed E-state index contributed by atoms with van der Waals surface area (Å²) in [6.45, 7) is 0. The summed E-state index contributed by atoms with van der Waals surface area (Å²) in [7, 11) is 0. The molecule has 0 bridgehead atoms. The lowest BCUT2D eigenvalue weighted by Crippen LogP contribution is -2.38. The molecule has 3 rings (SSSR count). The smallest absolute Gasteiger partial charge is 0.251 e. The highest BCUT2D eigenvalue weighted by Crippen LogP contribution is 2.22. The van der Waals surface area contributed by atoms with E-state index in [9.17, 15) is 4.79 Å². The van der Waals surface area contributed by atoms with Crippen LogP contribution in [0.5, 0.6) is 0 Å². The van der Waals surface area contributed by atoms with Gasteiger partial charge >= 0.3 is 0 Å². The third-order valence-corrected chi connectivity index (χ3v) is 4.27. The molecule has 0 radical (unpaired) electrons. The summed E-state index contributed by atoms with van der Waals surface area (Å²) in [5.74, 6) is -0.0960. The number of benzene rings is 2. The number of amides is 1. The SMILES string of the molecule is Nc1ccc(C(=O)NC2CCc3ccccc3C2)cc1Cl. The molecule has 1 aliphatic carbocycles. The van der Waals surface area contributed by atoms with Crippen molar-refractivity contribution in [3.63, 3.8) is 0 Å². The van der Waals surface area contributed by atoms with Crippen LogP contribution in [0.25, 0.3) is 0 Å². The predicted octanol–water partition coefficient (Wildman–Crippen LogP) is 3.21. The first-order chi connectivity index (χ1) is 10.1. The van der Waals surface area contributed by atoms with E-state index in [2.05, 4.69) is 23.5 Å². The predicted molar refractivity (Wildman–Crippen MR) is 85.6 cm³/mol. The van der Waals surface area contributed by atoms with Crippen molar-refractivity contribution in [2.24, 2.45) is 0 Å². The average molecular weight is 301 g/mol. The molecule has 1 atom stereocenters. The molecule has 0 aliphatic heterocycles. The number of carbonyl (C=O) groups is 1. The molecule has 3 N–H and O–H groups in total. The molecule has 0 spiro atoms. The van der Waals surface area contributed by atoms with Crippen LogP contribution in [0, 0.1) is 0 Å². The zero-order chi connectivity index (χ0) is 14.8. The first-order valence-corrected chi connectivity index (χ1v) is 7.44. The second-order valence-corrected chi connectivity index (χ2v) is 5.83. The molecule has 1 unspecified atom stereocenters. The fourth-order valence-electron chi connectivity index (χ4n) is 2.76. The van der Waals surface area contributed by atoms with Crippen LogP contribution in [0.15, 0.2) is 42.5 Å². The van der Waals surface area contributed by atoms with Gasteiger partial charge < -0.3 is 11.1 Å². The van der Waals surface area contributed by atoms with Gasteiger partial charge in [0, 0.05) is 11.6 Å². The van der Waals surface area contributed by atoms with Gasteiger partial charge in [-0.15, -0.1) is 0 Å². The number of fused-ring (bicyclic) bond motifs is 1. The average Bonchev–Trinajstić information content (AvgIpc) is 2.50. The largest absolute Gasteiger partial charge is 0.398 e. The van der Waals surface area contributed by atoms with Gasteiger partial charge in [-0.1, -0.05) is 35.9 Å². The molecule has 2 aromatic rings. The molecule has 0 saturated carbocycles. The Balaban J connectivity index is 1.70. The van der Waals surface area contributed by atoms with Crippen molar-refractivity contribution in [2.75, 3.05) is 5.73 Å². The van der Waals surface area contributed by atoms with E-state index in [-0.39, 0.29) is 11.9 Å². The van der Waals surface area contributed by atoms with Gasteiger partial charge in [0.2, 0.25) is 0 Å². The molecule has 2 aromatic carbocycles. The van der Waals surface area contributed by atoms with Gasteiger partial charge in [-0.05, 0) is 48.6 Å². The van der Waals surface area contributed by atoms with E-state index in [1.807, 2.05) is 6.07 Å². The zero-order valence-corrected chi connectivity index (χ0v) is 12.4. The summed E-state index contributed by atoms with van der Waals surface area (Å²) in [5.41, 5.74) is 9.41.